The second-order valence-corrected chi connectivity index (χ2v) is 8.60. The van der Waals surface area contributed by atoms with Gasteiger partial charge in [-0.1, -0.05) is 57.0 Å². The van der Waals surface area contributed by atoms with Gasteiger partial charge in [0.15, 0.2) is 5.78 Å². The molecular weight excluding hydrogens is 336 g/mol. The Morgan fingerprint density at radius 3 is 2.37 bits per heavy atom. The van der Waals surface area contributed by atoms with E-state index >= 15 is 0 Å². The molecule has 3 rings (SSSR count). The van der Waals surface area contributed by atoms with Crippen molar-refractivity contribution >= 4 is 11.7 Å². The van der Waals surface area contributed by atoms with Crippen molar-refractivity contribution in [1.82, 2.24) is 10.2 Å². The van der Waals surface area contributed by atoms with Crippen molar-refractivity contribution in [3.05, 3.63) is 35.9 Å². The molecule has 0 unspecified atom stereocenters. The van der Waals surface area contributed by atoms with Gasteiger partial charge in [0.2, 0.25) is 5.91 Å². The number of hydrogen-bond acceptors (Lipinski definition) is 3. The average molecular weight is 371 g/mol. The quantitative estimate of drug-likeness (QED) is 0.800. The highest BCUT2D eigenvalue weighted by atomic mass is 16.2. The maximum atomic E-state index is 12.8. The van der Waals surface area contributed by atoms with Crippen LogP contribution in [0.4, 0.5) is 0 Å². The van der Waals surface area contributed by atoms with E-state index in [9.17, 15) is 9.59 Å². The van der Waals surface area contributed by atoms with Crippen LogP contribution in [0.3, 0.4) is 0 Å². The number of amides is 1. The lowest BCUT2D eigenvalue weighted by Crippen LogP contribution is -2.53. The number of nitrogens with one attached hydrogen (secondary N) is 1. The van der Waals surface area contributed by atoms with Gasteiger partial charge in [-0.05, 0) is 51.1 Å². The second-order valence-electron chi connectivity index (χ2n) is 8.60. The molecular formula is C23H34N2O2. The van der Waals surface area contributed by atoms with E-state index in [4.69, 9.17) is 0 Å². The van der Waals surface area contributed by atoms with Crippen LogP contribution < -0.4 is 5.32 Å². The van der Waals surface area contributed by atoms with E-state index < -0.39 is 0 Å². The van der Waals surface area contributed by atoms with Gasteiger partial charge >= 0.3 is 0 Å². The summed E-state index contributed by atoms with van der Waals surface area (Å²) < 4.78 is 0. The van der Waals surface area contributed by atoms with Crippen molar-refractivity contribution in [2.24, 2.45) is 17.8 Å². The molecule has 4 atom stereocenters. The van der Waals surface area contributed by atoms with E-state index in [1.807, 2.05) is 37.3 Å². The number of likely N-dealkylation sites (tertiary alicyclic amines) is 1. The van der Waals surface area contributed by atoms with Crippen molar-refractivity contribution in [2.75, 3.05) is 13.1 Å². The number of carbonyl (C=O) groups excluding carboxylic acids is 2. The molecule has 1 heterocycles. The molecule has 1 amide bonds. The molecule has 0 aromatic heterocycles. The van der Waals surface area contributed by atoms with Crippen LogP contribution in [-0.2, 0) is 4.79 Å². The van der Waals surface area contributed by atoms with Gasteiger partial charge in [-0.2, -0.15) is 0 Å². The van der Waals surface area contributed by atoms with Gasteiger partial charge in [0.25, 0.3) is 0 Å². The van der Waals surface area contributed by atoms with Crippen LogP contribution in [-0.4, -0.2) is 41.8 Å². The second kappa shape index (κ2) is 9.01. The molecule has 1 aromatic rings. The first-order chi connectivity index (χ1) is 13.0. The minimum Gasteiger partial charge on any atom is -0.352 e. The first-order valence-corrected chi connectivity index (χ1v) is 10.6. The summed E-state index contributed by atoms with van der Waals surface area (Å²) in [5.41, 5.74) is 0.808. The van der Waals surface area contributed by atoms with Crippen molar-refractivity contribution in [3.63, 3.8) is 0 Å². The summed E-state index contributed by atoms with van der Waals surface area (Å²) in [6.45, 7) is 8.19. The monoisotopic (exact) mass is 370 g/mol. The SMILES string of the molecule is C[C@H]1[C@H](C)CCC[C@@H]1NC(=O)[C@@H](C)N1CCC(C(=O)c2ccccc2)CC1. The van der Waals surface area contributed by atoms with Gasteiger partial charge in [-0.25, -0.2) is 0 Å². The highest BCUT2D eigenvalue weighted by Gasteiger charge is 2.33. The zero-order chi connectivity index (χ0) is 19.4. The summed E-state index contributed by atoms with van der Waals surface area (Å²) in [6.07, 6.45) is 5.24. The number of benzene rings is 1. The normalized spacial score (nSPS) is 28.5. The van der Waals surface area contributed by atoms with Gasteiger partial charge in [0.05, 0.1) is 6.04 Å². The predicted molar refractivity (Wildman–Crippen MR) is 109 cm³/mol. The van der Waals surface area contributed by atoms with Crippen LogP contribution in [0.2, 0.25) is 0 Å². The number of rotatable bonds is 5. The Kier molecular flexibility index (Phi) is 6.69. The Balaban J connectivity index is 1.50. The predicted octanol–water partition coefficient (Wildman–Crippen LogP) is 3.91. The first kappa shape index (κ1) is 20.1. The lowest BCUT2D eigenvalue weighted by Gasteiger charge is -2.38. The molecule has 148 valence electrons. The third-order valence-corrected chi connectivity index (χ3v) is 6.92. The molecule has 4 heteroatoms. The number of ketones is 1. The highest BCUT2D eigenvalue weighted by molar-refractivity contribution is 5.97. The Hall–Kier alpha value is -1.68. The molecule has 1 saturated heterocycles. The molecule has 1 aromatic carbocycles. The van der Waals surface area contributed by atoms with Gasteiger partial charge in [-0.15, -0.1) is 0 Å². The number of hydrogen-bond donors (Lipinski definition) is 1. The lowest BCUT2D eigenvalue weighted by molar-refractivity contribution is -0.127. The molecule has 1 saturated carbocycles. The standard InChI is InChI=1S/C23H34N2O2/c1-16-8-7-11-21(17(16)2)24-23(27)18(3)25-14-12-20(13-15-25)22(26)19-9-5-4-6-10-19/h4-6,9-10,16-18,20-21H,7-8,11-15H2,1-3H3,(H,24,27)/t16-,17+,18-,21+/m1/s1. The molecule has 0 radical (unpaired) electrons. The zero-order valence-electron chi connectivity index (χ0n) is 17.0. The molecule has 1 N–H and O–H groups in total. The van der Waals surface area contributed by atoms with Crippen LogP contribution in [0.25, 0.3) is 0 Å². The van der Waals surface area contributed by atoms with E-state index in [2.05, 4.69) is 24.1 Å². The largest absolute Gasteiger partial charge is 0.352 e. The summed E-state index contributed by atoms with van der Waals surface area (Å²) in [4.78, 5) is 27.7. The van der Waals surface area contributed by atoms with Crippen molar-refractivity contribution in [1.29, 1.82) is 0 Å². The Morgan fingerprint density at radius 2 is 1.70 bits per heavy atom. The highest BCUT2D eigenvalue weighted by Crippen LogP contribution is 2.30. The fourth-order valence-electron chi connectivity index (χ4n) is 4.64. The van der Waals surface area contributed by atoms with Crippen molar-refractivity contribution in [3.8, 4) is 0 Å². The van der Waals surface area contributed by atoms with Crippen molar-refractivity contribution in [2.45, 2.75) is 65.0 Å². The summed E-state index contributed by atoms with van der Waals surface area (Å²) in [7, 11) is 0. The lowest BCUT2D eigenvalue weighted by atomic mass is 9.78. The van der Waals surface area contributed by atoms with Gasteiger partial charge in [0.1, 0.15) is 0 Å². The third-order valence-electron chi connectivity index (χ3n) is 6.92. The smallest absolute Gasteiger partial charge is 0.237 e. The van der Waals surface area contributed by atoms with E-state index in [0.29, 0.717) is 17.9 Å². The van der Waals surface area contributed by atoms with Gasteiger partial charge in [0, 0.05) is 17.5 Å². The first-order valence-electron chi connectivity index (χ1n) is 10.6. The number of Topliss-reactive ketones (excluding diaryl/α,β-unsaturated/α-hetero) is 1. The average Bonchev–Trinajstić information content (AvgIpc) is 2.71. The van der Waals surface area contributed by atoms with Crippen LogP contribution >= 0.6 is 0 Å². The summed E-state index contributed by atoms with van der Waals surface area (Å²) in [5, 5.41) is 3.31. The minimum atomic E-state index is -0.123. The maximum Gasteiger partial charge on any atom is 0.237 e. The van der Waals surface area contributed by atoms with Crippen LogP contribution in [0.5, 0.6) is 0 Å². The molecule has 0 spiro atoms. The molecule has 0 bridgehead atoms. The van der Waals surface area contributed by atoms with E-state index in [0.717, 1.165) is 37.9 Å². The Morgan fingerprint density at radius 1 is 1.04 bits per heavy atom. The summed E-state index contributed by atoms with van der Waals surface area (Å²) in [5.74, 6) is 1.70. The zero-order valence-corrected chi connectivity index (χ0v) is 17.0. The van der Waals surface area contributed by atoms with E-state index in [-0.39, 0.29) is 23.7 Å². The van der Waals surface area contributed by atoms with Crippen LogP contribution in [0.15, 0.2) is 30.3 Å². The van der Waals surface area contributed by atoms with E-state index in [1.165, 1.54) is 12.8 Å². The maximum absolute atomic E-state index is 12.8. The Labute approximate surface area is 163 Å². The molecule has 4 nitrogen and oxygen atoms in total. The summed E-state index contributed by atoms with van der Waals surface area (Å²) in [6, 6.07) is 9.76. The van der Waals surface area contributed by atoms with Gasteiger partial charge in [-0.3, -0.25) is 14.5 Å². The summed E-state index contributed by atoms with van der Waals surface area (Å²) >= 11 is 0. The van der Waals surface area contributed by atoms with Gasteiger partial charge < -0.3 is 5.32 Å². The van der Waals surface area contributed by atoms with Crippen molar-refractivity contribution < 1.29 is 9.59 Å². The third kappa shape index (κ3) is 4.78. The number of nitrogens with zero attached hydrogens (tertiary/aromatic N) is 1. The minimum absolute atomic E-state index is 0.0816. The fraction of sp³-hybridized carbons (Fsp3) is 0.652. The molecule has 1 aliphatic heterocycles. The fourth-order valence-corrected chi connectivity index (χ4v) is 4.64. The van der Waals surface area contributed by atoms with Crippen LogP contribution in [0.1, 0.15) is 63.2 Å². The molecule has 27 heavy (non-hydrogen) atoms. The molecule has 1 aliphatic carbocycles. The topological polar surface area (TPSA) is 49.4 Å². The molecule has 2 aliphatic rings. The number of carbonyl (C=O) groups is 2. The Bertz CT molecular complexity index is 637. The van der Waals surface area contributed by atoms with Crippen LogP contribution in [0, 0.1) is 17.8 Å². The number of piperidine rings is 1. The van der Waals surface area contributed by atoms with E-state index in [1.54, 1.807) is 0 Å². The molecule has 2 fully saturated rings.